The molecule has 0 radical (unpaired) electrons. The molecule has 1 N–H and O–H groups in total. The van der Waals surface area contributed by atoms with E-state index in [1.165, 1.54) is 6.33 Å². The summed E-state index contributed by atoms with van der Waals surface area (Å²) in [5, 5.41) is 13.6. The van der Waals surface area contributed by atoms with Gasteiger partial charge >= 0.3 is 0 Å². The summed E-state index contributed by atoms with van der Waals surface area (Å²) >= 11 is 6.55. The molecule has 1 amide bonds. The Balaban J connectivity index is 1.26. The molecule has 6 rings (SSSR count). The number of carbonyl (C=O) groups excluding carboxylic acids is 1. The molecule has 9 heteroatoms. The average Bonchev–Trinajstić information content (AvgIpc) is 3.30. The number of benzene rings is 2. The minimum absolute atomic E-state index is 0.0401. The van der Waals surface area contributed by atoms with Gasteiger partial charge in [0.15, 0.2) is 5.82 Å². The highest BCUT2D eigenvalue weighted by Gasteiger charge is 2.36. The van der Waals surface area contributed by atoms with E-state index in [2.05, 4.69) is 30.5 Å². The zero-order valence-corrected chi connectivity index (χ0v) is 19.3. The van der Waals surface area contributed by atoms with Crippen molar-refractivity contribution in [1.82, 2.24) is 35.0 Å². The number of pyridine rings is 1. The van der Waals surface area contributed by atoms with Gasteiger partial charge in [0.2, 0.25) is 0 Å². The topological polar surface area (TPSA) is 98.5 Å². The molecule has 0 unspecified atom stereocenters. The summed E-state index contributed by atoms with van der Waals surface area (Å²) in [7, 11) is 0. The summed E-state index contributed by atoms with van der Waals surface area (Å²) in [5.74, 6) is 1.42. The van der Waals surface area contributed by atoms with E-state index in [0.717, 1.165) is 35.3 Å². The minimum Gasteiger partial charge on any atom is -0.349 e. The third-order valence-corrected chi connectivity index (χ3v) is 6.64. The third kappa shape index (κ3) is 3.91. The maximum atomic E-state index is 13.0. The van der Waals surface area contributed by atoms with Gasteiger partial charge in [0.1, 0.15) is 17.8 Å². The van der Waals surface area contributed by atoms with Crippen LogP contribution in [0.4, 0.5) is 0 Å². The van der Waals surface area contributed by atoms with Crippen molar-refractivity contribution in [1.29, 1.82) is 0 Å². The second-order valence-electron chi connectivity index (χ2n) is 8.48. The van der Waals surface area contributed by atoms with E-state index in [9.17, 15) is 4.79 Å². The van der Waals surface area contributed by atoms with Crippen LogP contribution in [-0.2, 0) is 0 Å². The number of carbonyl (C=O) groups is 1. The van der Waals surface area contributed by atoms with E-state index in [-0.39, 0.29) is 17.9 Å². The predicted molar refractivity (Wildman–Crippen MR) is 132 cm³/mol. The normalized spacial score (nSPS) is 17.2. The van der Waals surface area contributed by atoms with E-state index < -0.39 is 0 Å². The lowest BCUT2D eigenvalue weighted by molar-refractivity contribution is 0.0908. The Bertz CT molecular complexity index is 1520. The summed E-state index contributed by atoms with van der Waals surface area (Å²) in [6.45, 7) is 0. The Morgan fingerprint density at radius 3 is 2.60 bits per heavy atom. The molecular weight excluding hydrogens is 462 g/mol. The van der Waals surface area contributed by atoms with E-state index in [4.69, 9.17) is 11.6 Å². The molecule has 1 saturated carbocycles. The van der Waals surface area contributed by atoms with Crippen molar-refractivity contribution in [3.05, 3.63) is 95.8 Å². The second kappa shape index (κ2) is 8.88. The van der Waals surface area contributed by atoms with Gasteiger partial charge in [0.25, 0.3) is 5.91 Å². The number of rotatable bonds is 5. The van der Waals surface area contributed by atoms with Gasteiger partial charge in [-0.1, -0.05) is 41.9 Å². The fraction of sp³-hybridized carbons (Fsp3) is 0.154. The molecule has 1 aliphatic rings. The number of fused-ring (bicyclic) bond motifs is 1. The van der Waals surface area contributed by atoms with E-state index in [1.807, 2.05) is 53.1 Å². The molecule has 8 nitrogen and oxygen atoms in total. The molecule has 0 spiro atoms. The lowest BCUT2D eigenvalue weighted by Gasteiger charge is -2.35. The molecule has 2 aromatic carbocycles. The Hall–Kier alpha value is -4.17. The van der Waals surface area contributed by atoms with Crippen molar-refractivity contribution in [3.63, 3.8) is 0 Å². The fourth-order valence-corrected chi connectivity index (χ4v) is 4.74. The number of hydrogen-bond acceptors (Lipinski definition) is 6. The van der Waals surface area contributed by atoms with Gasteiger partial charge in [-0.2, -0.15) is 0 Å². The van der Waals surface area contributed by atoms with Crippen LogP contribution in [0.5, 0.6) is 0 Å². The first-order valence-electron chi connectivity index (χ1n) is 11.3. The molecule has 1 aliphatic carbocycles. The van der Waals surface area contributed by atoms with Gasteiger partial charge < -0.3 is 5.32 Å². The third-order valence-electron chi connectivity index (χ3n) is 6.32. The highest BCUT2D eigenvalue weighted by Crippen LogP contribution is 2.39. The van der Waals surface area contributed by atoms with Crippen molar-refractivity contribution in [2.75, 3.05) is 0 Å². The smallest absolute Gasteiger partial charge is 0.252 e. The van der Waals surface area contributed by atoms with Gasteiger partial charge in [0, 0.05) is 29.7 Å². The van der Waals surface area contributed by atoms with Gasteiger partial charge in [-0.25, -0.2) is 9.97 Å². The number of halogens is 1. The number of para-hydroxylation sites is 2. The quantitative estimate of drug-likeness (QED) is 0.394. The summed E-state index contributed by atoms with van der Waals surface area (Å²) in [6.07, 6.45) is 6.33. The standard InChI is InChI=1S/C26H20ClN7O/c27-20-6-2-4-8-23(20)34-24(32-33-25(34)22-10-11-28-15-30-22)16-13-17(14-16)31-26(35)19-9-12-29-21-7-3-1-5-18(19)21/h1-12,15-17H,13-14H2,(H,31,35)/t16-,17-. The molecule has 0 atom stereocenters. The van der Waals surface area contributed by atoms with Crippen LogP contribution in [-0.4, -0.2) is 41.7 Å². The first-order valence-corrected chi connectivity index (χ1v) is 11.7. The first-order chi connectivity index (χ1) is 17.2. The highest BCUT2D eigenvalue weighted by molar-refractivity contribution is 6.32. The average molecular weight is 482 g/mol. The molecule has 0 saturated heterocycles. The number of amides is 1. The van der Waals surface area contributed by atoms with Gasteiger partial charge in [-0.05, 0) is 43.2 Å². The molecule has 0 bridgehead atoms. The number of nitrogens with one attached hydrogen (secondary N) is 1. The van der Waals surface area contributed by atoms with Crippen LogP contribution in [0.1, 0.15) is 34.9 Å². The molecule has 0 aliphatic heterocycles. The second-order valence-corrected chi connectivity index (χ2v) is 8.88. The maximum Gasteiger partial charge on any atom is 0.252 e. The number of hydrogen-bond donors (Lipinski definition) is 1. The van der Waals surface area contributed by atoms with E-state index >= 15 is 0 Å². The van der Waals surface area contributed by atoms with Crippen LogP contribution in [0, 0.1) is 0 Å². The van der Waals surface area contributed by atoms with E-state index in [0.29, 0.717) is 22.1 Å². The van der Waals surface area contributed by atoms with Crippen LogP contribution >= 0.6 is 11.6 Å². The van der Waals surface area contributed by atoms with Crippen molar-refractivity contribution >= 4 is 28.4 Å². The van der Waals surface area contributed by atoms with Crippen LogP contribution in [0.25, 0.3) is 28.1 Å². The molecule has 3 aromatic heterocycles. The monoisotopic (exact) mass is 481 g/mol. The first kappa shape index (κ1) is 21.4. The Morgan fingerprint density at radius 2 is 1.77 bits per heavy atom. The van der Waals surface area contributed by atoms with Crippen molar-refractivity contribution in [2.45, 2.75) is 24.8 Å². The zero-order chi connectivity index (χ0) is 23.8. The SMILES string of the molecule is O=C(N[C@H]1C[C@H](c2nnc(-c3ccncn3)n2-c2ccccc2Cl)C1)c1ccnc2ccccc12. The van der Waals surface area contributed by atoms with Crippen LogP contribution in [0.3, 0.4) is 0 Å². The Kier molecular flexibility index (Phi) is 5.42. The Labute approximate surface area is 206 Å². The molecule has 172 valence electrons. The lowest BCUT2D eigenvalue weighted by atomic mass is 9.79. The van der Waals surface area contributed by atoms with Crippen molar-refractivity contribution in [2.24, 2.45) is 0 Å². The maximum absolute atomic E-state index is 13.0. The van der Waals surface area contributed by atoms with Gasteiger partial charge in [-0.15, -0.1) is 10.2 Å². The summed E-state index contributed by atoms with van der Waals surface area (Å²) in [4.78, 5) is 25.7. The van der Waals surface area contributed by atoms with Crippen molar-refractivity contribution in [3.8, 4) is 17.2 Å². The number of aromatic nitrogens is 6. The molecular formula is C26H20ClN7O. The van der Waals surface area contributed by atoms with Crippen molar-refractivity contribution < 1.29 is 4.79 Å². The van der Waals surface area contributed by atoms with Crippen LogP contribution in [0.15, 0.2) is 79.4 Å². The summed E-state index contributed by atoms with van der Waals surface area (Å²) < 4.78 is 1.96. The highest BCUT2D eigenvalue weighted by atomic mass is 35.5. The summed E-state index contributed by atoms with van der Waals surface area (Å²) in [6, 6.07) is 18.8. The largest absolute Gasteiger partial charge is 0.349 e. The van der Waals surface area contributed by atoms with Crippen LogP contribution < -0.4 is 5.32 Å². The molecule has 35 heavy (non-hydrogen) atoms. The number of nitrogens with zero attached hydrogens (tertiary/aromatic N) is 6. The van der Waals surface area contributed by atoms with Crippen LogP contribution in [0.2, 0.25) is 5.02 Å². The molecule has 5 aromatic rings. The summed E-state index contributed by atoms with van der Waals surface area (Å²) in [5.41, 5.74) is 2.88. The predicted octanol–water partition coefficient (Wildman–Crippen LogP) is 4.60. The lowest BCUT2D eigenvalue weighted by Crippen LogP contribution is -2.44. The Morgan fingerprint density at radius 1 is 0.943 bits per heavy atom. The molecule has 3 heterocycles. The fourth-order valence-electron chi connectivity index (χ4n) is 4.52. The van der Waals surface area contributed by atoms with E-state index in [1.54, 1.807) is 24.5 Å². The van der Waals surface area contributed by atoms with Gasteiger partial charge in [0.05, 0.1) is 21.8 Å². The zero-order valence-electron chi connectivity index (χ0n) is 18.5. The molecule has 1 fully saturated rings. The minimum atomic E-state index is -0.0960. The van der Waals surface area contributed by atoms with Gasteiger partial charge in [-0.3, -0.25) is 14.3 Å².